The van der Waals surface area contributed by atoms with Crippen LogP contribution < -0.4 is 0 Å². The highest BCUT2D eigenvalue weighted by Crippen LogP contribution is 2.10. The Hall–Kier alpha value is -1.79. The predicted molar refractivity (Wildman–Crippen MR) is 82.6 cm³/mol. The molecule has 2 amide bonds. The number of ether oxygens (including phenoxy) is 1. The van der Waals surface area contributed by atoms with Crippen LogP contribution in [0.15, 0.2) is 0 Å². The molecule has 0 aliphatic carbocycles. The number of carboxylic acid groups (broad SMARTS) is 1. The van der Waals surface area contributed by atoms with Gasteiger partial charge in [-0.15, -0.1) is 0 Å². The molecule has 0 aliphatic heterocycles. The molecule has 0 saturated carbocycles. The first-order chi connectivity index (χ1) is 10.2. The quantitative estimate of drug-likeness (QED) is 0.492. The van der Waals surface area contributed by atoms with Gasteiger partial charge in [-0.05, 0) is 47.0 Å². The summed E-state index contributed by atoms with van der Waals surface area (Å²) in [5.41, 5.74) is -0.508. The molecule has 0 heterocycles. The zero-order valence-corrected chi connectivity index (χ0v) is 14.0. The van der Waals surface area contributed by atoms with Gasteiger partial charge >= 0.3 is 12.1 Å². The lowest BCUT2D eigenvalue weighted by Gasteiger charge is -2.26. The molecular formula is C15H28N2O5. The van der Waals surface area contributed by atoms with Gasteiger partial charge in [0.15, 0.2) is 0 Å². The number of rotatable bonds is 10. The van der Waals surface area contributed by atoms with Crippen LogP contribution in [0.3, 0.4) is 0 Å². The van der Waals surface area contributed by atoms with E-state index >= 15 is 0 Å². The Kier molecular flexibility index (Phi) is 9.21. The van der Waals surface area contributed by atoms with Crippen molar-refractivity contribution in [2.75, 3.05) is 26.2 Å². The van der Waals surface area contributed by atoms with E-state index in [1.54, 1.807) is 4.90 Å². The standard InChI is InChI=1S/C15H28N2O5/c1-5-17(14(21)22-15(2,3)4)10-8-6-7-9-16(12-18)11-13(19)20/h12H,5-11H2,1-4H3,(H,19,20). The van der Waals surface area contributed by atoms with Crippen molar-refractivity contribution in [2.24, 2.45) is 0 Å². The maximum absolute atomic E-state index is 11.9. The maximum atomic E-state index is 11.9. The molecule has 1 N–H and O–H groups in total. The molecular weight excluding hydrogens is 288 g/mol. The van der Waals surface area contributed by atoms with Gasteiger partial charge in [-0.1, -0.05) is 0 Å². The molecule has 0 radical (unpaired) electrons. The normalized spacial score (nSPS) is 10.9. The number of nitrogens with zero attached hydrogens (tertiary/aromatic N) is 2. The highest BCUT2D eigenvalue weighted by atomic mass is 16.6. The van der Waals surface area contributed by atoms with Gasteiger partial charge in [0.2, 0.25) is 6.41 Å². The largest absolute Gasteiger partial charge is 0.480 e. The number of carboxylic acids is 1. The average molecular weight is 316 g/mol. The van der Waals surface area contributed by atoms with Crippen molar-refractivity contribution in [2.45, 2.75) is 52.6 Å². The molecule has 0 unspecified atom stereocenters. The number of amides is 2. The molecule has 0 aromatic carbocycles. The molecule has 0 aromatic rings. The van der Waals surface area contributed by atoms with Gasteiger partial charge in [-0.3, -0.25) is 9.59 Å². The first-order valence-electron chi connectivity index (χ1n) is 7.58. The monoisotopic (exact) mass is 316 g/mol. The second-order valence-electron chi connectivity index (χ2n) is 6.09. The van der Waals surface area contributed by atoms with Crippen molar-refractivity contribution >= 4 is 18.5 Å². The van der Waals surface area contributed by atoms with E-state index in [1.165, 1.54) is 4.90 Å². The fraction of sp³-hybridized carbons (Fsp3) is 0.800. The van der Waals surface area contributed by atoms with Gasteiger partial charge in [-0.25, -0.2) is 4.79 Å². The van der Waals surface area contributed by atoms with Gasteiger partial charge in [0.1, 0.15) is 12.1 Å². The molecule has 0 fully saturated rings. The number of unbranched alkanes of at least 4 members (excludes halogenated alkanes) is 2. The summed E-state index contributed by atoms with van der Waals surface area (Å²) in [7, 11) is 0. The summed E-state index contributed by atoms with van der Waals surface area (Å²) in [6.45, 7) is 8.68. The summed E-state index contributed by atoms with van der Waals surface area (Å²) in [5, 5.41) is 8.62. The third-order valence-electron chi connectivity index (χ3n) is 2.89. The second kappa shape index (κ2) is 10.0. The SMILES string of the molecule is CCN(CCCCCN(C=O)CC(=O)O)C(=O)OC(C)(C)C. The van der Waals surface area contributed by atoms with E-state index in [-0.39, 0.29) is 12.6 Å². The fourth-order valence-corrected chi connectivity index (χ4v) is 1.84. The van der Waals surface area contributed by atoms with Gasteiger partial charge in [0.25, 0.3) is 0 Å². The van der Waals surface area contributed by atoms with Crippen LogP contribution in [-0.2, 0) is 14.3 Å². The summed E-state index contributed by atoms with van der Waals surface area (Å²) < 4.78 is 5.31. The molecule has 0 bridgehead atoms. The number of hydrogen-bond donors (Lipinski definition) is 1. The Morgan fingerprint density at radius 3 is 2.18 bits per heavy atom. The van der Waals surface area contributed by atoms with E-state index in [1.807, 2.05) is 27.7 Å². The minimum Gasteiger partial charge on any atom is -0.480 e. The van der Waals surface area contributed by atoms with Crippen LogP contribution in [0.4, 0.5) is 4.79 Å². The lowest BCUT2D eigenvalue weighted by atomic mass is 10.2. The van der Waals surface area contributed by atoms with Gasteiger partial charge in [0, 0.05) is 19.6 Å². The topological polar surface area (TPSA) is 87.2 Å². The lowest BCUT2D eigenvalue weighted by Crippen LogP contribution is -2.37. The van der Waals surface area contributed by atoms with Crippen LogP contribution in [0, 0.1) is 0 Å². The summed E-state index contributed by atoms with van der Waals surface area (Å²) in [6.07, 6.45) is 2.52. The molecule has 128 valence electrons. The van der Waals surface area contributed by atoms with Crippen LogP contribution >= 0.6 is 0 Å². The summed E-state index contributed by atoms with van der Waals surface area (Å²) >= 11 is 0. The number of hydrogen-bond acceptors (Lipinski definition) is 4. The first-order valence-corrected chi connectivity index (χ1v) is 7.58. The van der Waals surface area contributed by atoms with Gasteiger partial charge in [-0.2, -0.15) is 0 Å². The van der Waals surface area contributed by atoms with E-state index in [0.717, 1.165) is 12.8 Å². The highest BCUT2D eigenvalue weighted by Gasteiger charge is 2.20. The van der Waals surface area contributed by atoms with E-state index in [9.17, 15) is 14.4 Å². The summed E-state index contributed by atoms with van der Waals surface area (Å²) in [5.74, 6) is -1.02. The number of carbonyl (C=O) groups is 3. The van der Waals surface area contributed by atoms with E-state index < -0.39 is 11.6 Å². The van der Waals surface area contributed by atoms with Gasteiger partial charge < -0.3 is 19.6 Å². The molecule has 22 heavy (non-hydrogen) atoms. The predicted octanol–water partition coefficient (Wildman–Crippen LogP) is 1.96. The Morgan fingerprint density at radius 2 is 1.73 bits per heavy atom. The average Bonchev–Trinajstić information content (AvgIpc) is 2.38. The highest BCUT2D eigenvalue weighted by molar-refractivity contribution is 5.71. The molecule has 0 atom stereocenters. The number of aliphatic carboxylic acids is 1. The van der Waals surface area contributed by atoms with Crippen molar-refractivity contribution < 1.29 is 24.2 Å². The van der Waals surface area contributed by atoms with E-state index in [0.29, 0.717) is 32.5 Å². The van der Waals surface area contributed by atoms with Crippen LogP contribution in [0.5, 0.6) is 0 Å². The molecule has 0 aliphatic rings. The molecule has 7 nitrogen and oxygen atoms in total. The van der Waals surface area contributed by atoms with E-state index in [4.69, 9.17) is 9.84 Å². The summed E-state index contributed by atoms with van der Waals surface area (Å²) in [6, 6.07) is 0. The third kappa shape index (κ3) is 10.0. The summed E-state index contributed by atoms with van der Waals surface area (Å²) in [4.78, 5) is 36.0. The van der Waals surface area contributed by atoms with Crippen molar-refractivity contribution in [3.8, 4) is 0 Å². The molecule has 0 rings (SSSR count). The Labute approximate surface area is 132 Å². The Morgan fingerprint density at radius 1 is 1.14 bits per heavy atom. The van der Waals surface area contributed by atoms with E-state index in [2.05, 4.69) is 0 Å². The second-order valence-corrected chi connectivity index (χ2v) is 6.09. The van der Waals surface area contributed by atoms with Crippen LogP contribution in [0.25, 0.3) is 0 Å². The van der Waals surface area contributed by atoms with Crippen molar-refractivity contribution in [3.63, 3.8) is 0 Å². The Balaban J connectivity index is 3.99. The fourth-order valence-electron chi connectivity index (χ4n) is 1.84. The van der Waals surface area contributed by atoms with Crippen LogP contribution in [-0.4, -0.2) is 65.2 Å². The van der Waals surface area contributed by atoms with Crippen LogP contribution in [0.2, 0.25) is 0 Å². The van der Waals surface area contributed by atoms with Crippen molar-refractivity contribution in [1.82, 2.24) is 9.80 Å². The van der Waals surface area contributed by atoms with Gasteiger partial charge in [0.05, 0.1) is 0 Å². The zero-order valence-electron chi connectivity index (χ0n) is 14.0. The Bertz CT molecular complexity index is 365. The molecule has 0 saturated heterocycles. The zero-order chi connectivity index (χ0) is 17.2. The first kappa shape index (κ1) is 20.2. The minimum atomic E-state index is -1.02. The third-order valence-corrected chi connectivity index (χ3v) is 2.89. The molecule has 7 heteroatoms. The number of carbonyl (C=O) groups excluding carboxylic acids is 2. The van der Waals surface area contributed by atoms with Crippen molar-refractivity contribution in [1.29, 1.82) is 0 Å². The molecule has 0 spiro atoms. The maximum Gasteiger partial charge on any atom is 0.410 e. The lowest BCUT2D eigenvalue weighted by molar-refractivity contribution is -0.140. The smallest absolute Gasteiger partial charge is 0.410 e. The van der Waals surface area contributed by atoms with Crippen molar-refractivity contribution in [3.05, 3.63) is 0 Å². The van der Waals surface area contributed by atoms with Crippen LogP contribution in [0.1, 0.15) is 47.0 Å². The minimum absolute atomic E-state index is 0.275. The molecule has 0 aromatic heterocycles.